The zero-order valence-corrected chi connectivity index (χ0v) is 13.3. The predicted octanol–water partition coefficient (Wildman–Crippen LogP) is 2.42. The molecule has 0 saturated carbocycles. The van der Waals surface area contributed by atoms with Gasteiger partial charge in [0.05, 0.1) is 17.2 Å². The number of halogens is 1. The molecular formula is C17H14FN3O4. The standard InChI is InChI=1S/C17H14FN3O4/c1-19(9-11-4-2-5-12(18)8-11)10-20-16(22)13-6-3-7-14(21(24)25)15(13)17(20)23/h2-8H,9-10H2,1H3. The van der Waals surface area contributed by atoms with Crippen molar-refractivity contribution in [2.45, 2.75) is 6.54 Å². The van der Waals surface area contributed by atoms with Crippen molar-refractivity contribution >= 4 is 17.5 Å². The van der Waals surface area contributed by atoms with Gasteiger partial charge < -0.3 is 0 Å². The molecule has 1 aliphatic rings. The molecule has 0 radical (unpaired) electrons. The van der Waals surface area contributed by atoms with Crippen molar-refractivity contribution in [2.75, 3.05) is 13.7 Å². The van der Waals surface area contributed by atoms with Gasteiger partial charge in [-0.1, -0.05) is 18.2 Å². The van der Waals surface area contributed by atoms with Crippen molar-refractivity contribution < 1.29 is 18.9 Å². The van der Waals surface area contributed by atoms with E-state index in [-0.39, 0.29) is 29.3 Å². The molecule has 2 aromatic carbocycles. The van der Waals surface area contributed by atoms with Crippen LogP contribution in [-0.4, -0.2) is 40.3 Å². The van der Waals surface area contributed by atoms with Crippen LogP contribution in [0.4, 0.5) is 10.1 Å². The van der Waals surface area contributed by atoms with Crippen molar-refractivity contribution in [3.63, 3.8) is 0 Å². The molecule has 3 rings (SSSR count). The van der Waals surface area contributed by atoms with Crippen LogP contribution in [0.3, 0.4) is 0 Å². The topological polar surface area (TPSA) is 83.8 Å². The fourth-order valence-corrected chi connectivity index (χ4v) is 2.83. The van der Waals surface area contributed by atoms with E-state index in [4.69, 9.17) is 0 Å². The lowest BCUT2D eigenvalue weighted by atomic mass is 10.1. The lowest BCUT2D eigenvalue weighted by Crippen LogP contribution is -2.39. The largest absolute Gasteiger partial charge is 0.284 e. The van der Waals surface area contributed by atoms with E-state index in [1.54, 1.807) is 24.1 Å². The third kappa shape index (κ3) is 3.11. The molecule has 2 amide bonds. The van der Waals surface area contributed by atoms with Crippen molar-refractivity contribution in [3.8, 4) is 0 Å². The minimum absolute atomic E-state index is 0.0263. The number of fused-ring (bicyclic) bond motifs is 1. The normalized spacial score (nSPS) is 13.5. The Balaban J connectivity index is 1.80. The fourth-order valence-electron chi connectivity index (χ4n) is 2.83. The molecule has 2 aromatic rings. The molecule has 0 N–H and O–H groups in total. The Kier molecular flexibility index (Phi) is 4.28. The van der Waals surface area contributed by atoms with Crippen LogP contribution in [0.2, 0.25) is 0 Å². The van der Waals surface area contributed by atoms with Crippen LogP contribution in [0.15, 0.2) is 42.5 Å². The fraction of sp³-hybridized carbons (Fsp3) is 0.176. The van der Waals surface area contributed by atoms with E-state index in [1.165, 1.54) is 30.3 Å². The molecule has 0 atom stereocenters. The molecule has 0 aromatic heterocycles. The monoisotopic (exact) mass is 343 g/mol. The number of rotatable bonds is 5. The number of amides is 2. The molecule has 0 unspecified atom stereocenters. The van der Waals surface area contributed by atoms with Crippen LogP contribution in [0, 0.1) is 15.9 Å². The Morgan fingerprint density at radius 3 is 2.56 bits per heavy atom. The molecule has 8 heteroatoms. The Morgan fingerprint density at radius 2 is 1.88 bits per heavy atom. The number of carbonyl (C=O) groups excluding carboxylic acids is 2. The molecule has 128 valence electrons. The zero-order valence-electron chi connectivity index (χ0n) is 13.3. The van der Waals surface area contributed by atoms with Gasteiger partial charge in [0, 0.05) is 12.6 Å². The molecule has 0 aliphatic carbocycles. The maximum Gasteiger partial charge on any atom is 0.282 e. The van der Waals surface area contributed by atoms with Gasteiger partial charge in [0.25, 0.3) is 17.5 Å². The Labute approximate surface area is 142 Å². The smallest absolute Gasteiger partial charge is 0.282 e. The molecule has 0 saturated heterocycles. The number of carbonyl (C=O) groups is 2. The number of benzene rings is 2. The maximum absolute atomic E-state index is 13.2. The minimum atomic E-state index is -0.696. The van der Waals surface area contributed by atoms with Crippen molar-refractivity contribution in [1.82, 2.24) is 9.80 Å². The van der Waals surface area contributed by atoms with E-state index in [0.29, 0.717) is 12.1 Å². The van der Waals surface area contributed by atoms with E-state index in [1.807, 2.05) is 0 Å². The van der Waals surface area contributed by atoms with E-state index < -0.39 is 16.7 Å². The van der Waals surface area contributed by atoms with Gasteiger partial charge in [0.2, 0.25) is 0 Å². The second kappa shape index (κ2) is 6.40. The number of hydrogen-bond donors (Lipinski definition) is 0. The molecule has 0 bridgehead atoms. The van der Waals surface area contributed by atoms with Gasteiger partial charge in [0.15, 0.2) is 0 Å². The second-order valence-electron chi connectivity index (χ2n) is 5.78. The molecule has 1 heterocycles. The third-order valence-electron chi connectivity index (χ3n) is 3.90. The van der Waals surface area contributed by atoms with Gasteiger partial charge in [-0.05, 0) is 30.8 Å². The Hall–Kier alpha value is -3.13. The summed E-state index contributed by atoms with van der Waals surface area (Å²) in [5.41, 5.74) is 0.145. The third-order valence-corrected chi connectivity index (χ3v) is 3.90. The predicted molar refractivity (Wildman–Crippen MR) is 86.3 cm³/mol. The number of nitrogens with zero attached hydrogens (tertiary/aromatic N) is 3. The van der Waals surface area contributed by atoms with Crippen LogP contribution in [-0.2, 0) is 6.54 Å². The summed E-state index contributed by atoms with van der Waals surface area (Å²) >= 11 is 0. The van der Waals surface area contributed by atoms with E-state index in [2.05, 4.69) is 0 Å². The van der Waals surface area contributed by atoms with Crippen LogP contribution >= 0.6 is 0 Å². The van der Waals surface area contributed by atoms with Crippen LogP contribution < -0.4 is 0 Å². The number of hydrogen-bond acceptors (Lipinski definition) is 5. The van der Waals surface area contributed by atoms with Crippen LogP contribution in [0.1, 0.15) is 26.3 Å². The lowest BCUT2D eigenvalue weighted by molar-refractivity contribution is -0.385. The van der Waals surface area contributed by atoms with Crippen molar-refractivity contribution in [2.24, 2.45) is 0 Å². The summed E-state index contributed by atoms with van der Waals surface area (Å²) < 4.78 is 13.2. The molecule has 1 aliphatic heterocycles. The second-order valence-corrected chi connectivity index (χ2v) is 5.78. The summed E-state index contributed by atoms with van der Waals surface area (Å²) in [5.74, 6) is -1.64. The number of nitro groups is 1. The average Bonchev–Trinajstić information content (AvgIpc) is 2.80. The molecule has 25 heavy (non-hydrogen) atoms. The Morgan fingerprint density at radius 1 is 1.16 bits per heavy atom. The van der Waals surface area contributed by atoms with Crippen LogP contribution in [0.5, 0.6) is 0 Å². The summed E-state index contributed by atoms with van der Waals surface area (Å²) in [5, 5.41) is 11.1. The zero-order chi connectivity index (χ0) is 18.1. The summed E-state index contributed by atoms with van der Waals surface area (Å²) in [6.07, 6.45) is 0. The first-order chi connectivity index (χ1) is 11.9. The molecule has 0 spiro atoms. The first-order valence-corrected chi connectivity index (χ1v) is 7.45. The Bertz CT molecular complexity index is 884. The van der Waals surface area contributed by atoms with Crippen molar-refractivity contribution in [1.29, 1.82) is 0 Å². The number of nitro benzene ring substituents is 1. The van der Waals surface area contributed by atoms with Crippen molar-refractivity contribution in [3.05, 3.63) is 75.1 Å². The van der Waals surface area contributed by atoms with Gasteiger partial charge in [-0.15, -0.1) is 0 Å². The van der Waals surface area contributed by atoms with Gasteiger partial charge in [-0.3, -0.25) is 29.5 Å². The van der Waals surface area contributed by atoms with Gasteiger partial charge in [-0.25, -0.2) is 4.39 Å². The summed E-state index contributed by atoms with van der Waals surface area (Å²) in [6, 6.07) is 9.97. The maximum atomic E-state index is 13.2. The first kappa shape index (κ1) is 16.7. The van der Waals surface area contributed by atoms with Gasteiger partial charge in [-0.2, -0.15) is 0 Å². The highest BCUT2D eigenvalue weighted by molar-refractivity contribution is 6.23. The average molecular weight is 343 g/mol. The van der Waals surface area contributed by atoms with Crippen LogP contribution in [0.25, 0.3) is 0 Å². The SMILES string of the molecule is CN(Cc1cccc(F)c1)CN1C(=O)c2cccc([N+](=O)[O-])c2C1=O. The van der Waals surface area contributed by atoms with E-state index in [0.717, 1.165) is 4.90 Å². The molecular weight excluding hydrogens is 329 g/mol. The molecule has 0 fully saturated rings. The highest BCUT2D eigenvalue weighted by atomic mass is 19.1. The summed E-state index contributed by atoms with van der Waals surface area (Å²) in [7, 11) is 1.67. The van der Waals surface area contributed by atoms with E-state index >= 15 is 0 Å². The molecule has 7 nitrogen and oxygen atoms in total. The van der Waals surface area contributed by atoms with Gasteiger partial charge >= 0.3 is 0 Å². The lowest BCUT2D eigenvalue weighted by Gasteiger charge is -2.22. The quantitative estimate of drug-likeness (QED) is 0.473. The van der Waals surface area contributed by atoms with Gasteiger partial charge in [0.1, 0.15) is 11.4 Å². The number of imide groups is 1. The minimum Gasteiger partial charge on any atom is -0.284 e. The highest BCUT2D eigenvalue weighted by Crippen LogP contribution is 2.30. The van der Waals surface area contributed by atoms with E-state index in [9.17, 15) is 24.1 Å². The summed E-state index contributed by atoms with van der Waals surface area (Å²) in [6.45, 7) is 0.257. The summed E-state index contributed by atoms with van der Waals surface area (Å²) in [4.78, 5) is 37.9. The highest BCUT2D eigenvalue weighted by Gasteiger charge is 2.41. The first-order valence-electron chi connectivity index (χ1n) is 7.45.